The molecule has 0 heterocycles. The van der Waals surface area contributed by atoms with Crippen molar-refractivity contribution in [2.45, 2.75) is 45.3 Å². The van der Waals surface area contributed by atoms with Gasteiger partial charge in [-0.15, -0.1) is 0 Å². The van der Waals surface area contributed by atoms with Crippen molar-refractivity contribution in [1.82, 2.24) is 5.32 Å². The van der Waals surface area contributed by atoms with Crippen molar-refractivity contribution >= 4 is 11.9 Å². The van der Waals surface area contributed by atoms with Crippen LogP contribution in [0.4, 0.5) is 0 Å². The second kappa shape index (κ2) is 8.71. The molecule has 1 fully saturated rings. The van der Waals surface area contributed by atoms with E-state index in [0.717, 1.165) is 29.7 Å². The van der Waals surface area contributed by atoms with Gasteiger partial charge in [0.2, 0.25) is 6.10 Å². The maximum absolute atomic E-state index is 12.5. The molecule has 5 heteroatoms. The van der Waals surface area contributed by atoms with E-state index < -0.39 is 12.1 Å². The van der Waals surface area contributed by atoms with Crippen LogP contribution in [0.1, 0.15) is 42.1 Å². The number of hydrogen-bond acceptors (Lipinski definition) is 4. The summed E-state index contributed by atoms with van der Waals surface area (Å²) in [7, 11) is 0. The molecule has 0 aliphatic heterocycles. The van der Waals surface area contributed by atoms with Crippen LogP contribution in [0, 0.1) is 13.8 Å². The predicted molar refractivity (Wildman–Crippen MR) is 102 cm³/mol. The van der Waals surface area contributed by atoms with Crippen molar-refractivity contribution in [3.8, 4) is 5.75 Å². The van der Waals surface area contributed by atoms with Crippen LogP contribution in [0.15, 0.2) is 48.5 Å². The Labute approximate surface area is 159 Å². The molecule has 142 valence electrons. The third kappa shape index (κ3) is 5.58. The average Bonchev–Trinajstić information content (AvgIpc) is 3.47. The number of amides is 1. The van der Waals surface area contributed by atoms with Crippen LogP contribution in [0.3, 0.4) is 0 Å². The fourth-order valence-electron chi connectivity index (χ4n) is 2.70. The quantitative estimate of drug-likeness (QED) is 0.724. The molecular formula is C22H25NO4. The van der Waals surface area contributed by atoms with Crippen molar-refractivity contribution < 1.29 is 19.1 Å². The summed E-state index contributed by atoms with van der Waals surface area (Å²) in [5.41, 5.74) is 2.78. The number of carbonyl (C=O) groups excluding carboxylic acids is 2. The smallest absolute Gasteiger partial charge is 0.310 e. The summed E-state index contributed by atoms with van der Waals surface area (Å²) in [6.45, 7) is 4.15. The molecule has 1 aliphatic rings. The molecule has 5 nitrogen and oxygen atoms in total. The minimum Gasteiger partial charge on any atom is -0.493 e. The number of aryl methyl sites for hydroxylation is 2. The van der Waals surface area contributed by atoms with Crippen LogP contribution in [-0.2, 0) is 14.3 Å². The van der Waals surface area contributed by atoms with Gasteiger partial charge < -0.3 is 14.8 Å². The molecule has 1 aliphatic carbocycles. The van der Waals surface area contributed by atoms with Crippen LogP contribution in [0.25, 0.3) is 0 Å². The second-order valence-electron chi connectivity index (χ2n) is 6.93. The standard InChI is InChI=1S/C22H25NO4/c1-15-8-9-16(2)19(14-15)26-13-12-20(24)27-21(17-6-4-3-5-7-17)22(25)23-18-10-11-18/h3-9,14,18,21H,10-13H2,1-2H3,(H,23,25). The first-order chi connectivity index (χ1) is 13.0. The number of carbonyl (C=O) groups is 2. The number of rotatable bonds is 8. The molecule has 1 amide bonds. The Morgan fingerprint density at radius 1 is 1.11 bits per heavy atom. The lowest BCUT2D eigenvalue weighted by Crippen LogP contribution is -2.33. The molecular weight excluding hydrogens is 342 g/mol. The Morgan fingerprint density at radius 2 is 1.85 bits per heavy atom. The van der Waals surface area contributed by atoms with E-state index in [2.05, 4.69) is 5.32 Å². The first-order valence-corrected chi connectivity index (χ1v) is 9.28. The maximum Gasteiger partial charge on any atom is 0.310 e. The normalized spacial score (nSPS) is 14.3. The largest absolute Gasteiger partial charge is 0.493 e. The van der Waals surface area contributed by atoms with E-state index in [9.17, 15) is 9.59 Å². The van der Waals surface area contributed by atoms with Gasteiger partial charge in [0.05, 0.1) is 13.0 Å². The SMILES string of the molecule is Cc1ccc(C)c(OCCC(=O)OC(C(=O)NC2CC2)c2ccccc2)c1. The summed E-state index contributed by atoms with van der Waals surface area (Å²) in [5, 5.41) is 2.91. The van der Waals surface area contributed by atoms with Gasteiger partial charge in [-0.2, -0.15) is 0 Å². The van der Waals surface area contributed by atoms with Crippen molar-refractivity contribution in [3.63, 3.8) is 0 Å². The summed E-state index contributed by atoms with van der Waals surface area (Å²) in [6.07, 6.45) is 1.10. The number of hydrogen-bond donors (Lipinski definition) is 1. The highest BCUT2D eigenvalue weighted by atomic mass is 16.6. The van der Waals surface area contributed by atoms with E-state index in [-0.39, 0.29) is 25.0 Å². The molecule has 2 aromatic carbocycles. The zero-order chi connectivity index (χ0) is 19.2. The Balaban J connectivity index is 1.57. The lowest BCUT2D eigenvalue weighted by Gasteiger charge is -2.18. The van der Waals surface area contributed by atoms with Gasteiger partial charge in [-0.05, 0) is 43.9 Å². The Morgan fingerprint density at radius 3 is 2.56 bits per heavy atom. The zero-order valence-corrected chi connectivity index (χ0v) is 15.7. The second-order valence-corrected chi connectivity index (χ2v) is 6.93. The summed E-state index contributed by atoms with van der Waals surface area (Å²) < 4.78 is 11.2. The molecule has 1 N–H and O–H groups in total. The molecule has 0 bridgehead atoms. The van der Waals surface area contributed by atoms with Crippen molar-refractivity contribution in [3.05, 3.63) is 65.2 Å². The third-order valence-electron chi connectivity index (χ3n) is 4.42. The van der Waals surface area contributed by atoms with Crippen LogP contribution < -0.4 is 10.1 Å². The fourth-order valence-corrected chi connectivity index (χ4v) is 2.70. The molecule has 0 spiro atoms. The minimum atomic E-state index is -0.931. The summed E-state index contributed by atoms with van der Waals surface area (Å²) in [6, 6.07) is 15.2. The van der Waals surface area contributed by atoms with E-state index in [1.165, 1.54) is 0 Å². The molecule has 0 aromatic heterocycles. The van der Waals surface area contributed by atoms with Crippen LogP contribution in [-0.4, -0.2) is 24.5 Å². The van der Waals surface area contributed by atoms with E-state index in [4.69, 9.17) is 9.47 Å². The molecule has 27 heavy (non-hydrogen) atoms. The van der Waals surface area contributed by atoms with Gasteiger partial charge in [-0.1, -0.05) is 42.5 Å². The topological polar surface area (TPSA) is 64.6 Å². The van der Waals surface area contributed by atoms with E-state index in [1.54, 1.807) is 12.1 Å². The molecule has 0 saturated heterocycles. The first-order valence-electron chi connectivity index (χ1n) is 9.28. The van der Waals surface area contributed by atoms with E-state index >= 15 is 0 Å². The zero-order valence-electron chi connectivity index (χ0n) is 15.7. The van der Waals surface area contributed by atoms with Gasteiger partial charge in [0.1, 0.15) is 5.75 Å². The predicted octanol–water partition coefficient (Wildman–Crippen LogP) is 3.64. The van der Waals surface area contributed by atoms with Crippen LogP contribution >= 0.6 is 0 Å². The monoisotopic (exact) mass is 367 g/mol. The molecule has 1 atom stereocenters. The van der Waals surface area contributed by atoms with Crippen molar-refractivity contribution in [2.24, 2.45) is 0 Å². The molecule has 3 rings (SSSR count). The summed E-state index contributed by atoms with van der Waals surface area (Å²) >= 11 is 0. The summed E-state index contributed by atoms with van der Waals surface area (Å²) in [4.78, 5) is 24.8. The number of ether oxygens (including phenoxy) is 2. The third-order valence-corrected chi connectivity index (χ3v) is 4.42. The Kier molecular flexibility index (Phi) is 6.12. The van der Waals surface area contributed by atoms with Gasteiger partial charge in [-0.3, -0.25) is 9.59 Å². The first kappa shape index (κ1) is 19.0. The number of benzene rings is 2. The minimum absolute atomic E-state index is 0.0768. The van der Waals surface area contributed by atoms with Crippen LogP contribution in [0.2, 0.25) is 0 Å². The number of esters is 1. The van der Waals surface area contributed by atoms with Crippen LogP contribution in [0.5, 0.6) is 5.75 Å². The fraction of sp³-hybridized carbons (Fsp3) is 0.364. The van der Waals surface area contributed by atoms with Gasteiger partial charge in [0.15, 0.2) is 0 Å². The molecule has 1 saturated carbocycles. The van der Waals surface area contributed by atoms with E-state index in [1.807, 2.05) is 50.2 Å². The van der Waals surface area contributed by atoms with Gasteiger partial charge in [0, 0.05) is 11.6 Å². The lowest BCUT2D eigenvalue weighted by atomic mass is 10.1. The van der Waals surface area contributed by atoms with Gasteiger partial charge >= 0.3 is 5.97 Å². The Bertz CT molecular complexity index is 799. The average molecular weight is 367 g/mol. The lowest BCUT2D eigenvalue weighted by molar-refractivity contribution is -0.157. The number of nitrogens with one attached hydrogen (secondary N) is 1. The molecule has 0 radical (unpaired) electrons. The van der Waals surface area contributed by atoms with Gasteiger partial charge in [-0.25, -0.2) is 0 Å². The van der Waals surface area contributed by atoms with E-state index in [0.29, 0.717) is 5.56 Å². The Hall–Kier alpha value is -2.82. The highest BCUT2D eigenvalue weighted by Crippen LogP contribution is 2.24. The summed E-state index contributed by atoms with van der Waals surface area (Å²) in [5.74, 6) is 0.0292. The van der Waals surface area contributed by atoms with Gasteiger partial charge in [0.25, 0.3) is 5.91 Å². The highest BCUT2D eigenvalue weighted by molar-refractivity contribution is 5.85. The van der Waals surface area contributed by atoms with Crippen molar-refractivity contribution in [2.75, 3.05) is 6.61 Å². The molecule has 1 unspecified atom stereocenters. The molecule has 2 aromatic rings. The maximum atomic E-state index is 12.5. The highest BCUT2D eigenvalue weighted by Gasteiger charge is 2.30. The van der Waals surface area contributed by atoms with Crippen molar-refractivity contribution in [1.29, 1.82) is 0 Å².